The summed E-state index contributed by atoms with van der Waals surface area (Å²) < 4.78 is 2.63. The minimum atomic E-state index is -1.89. The molecule has 0 heterocycles. The van der Waals surface area contributed by atoms with Crippen molar-refractivity contribution < 1.29 is 30.6 Å². The van der Waals surface area contributed by atoms with Gasteiger partial charge in [-0.1, -0.05) is 41.5 Å². The Morgan fingerprint density at radius 3 is 1.69 bits per heavy atom. The first kappa shape index (κ1) is 33.9. The van der Waals surface area contributed by atoms with Gasteiger partial charge in [0.25, 0.3) is 0 Å². The van der Waals surface area contributed by atoms with Crippen molar-refractivity contribution >= 4 is 11.5 Å². The number of rotatable bonds is 3. The minimum absolute atomic E-state index is 0.330. The van der Waals surface area contributed by atoms with Crippen molar-refractivity contribution in [2.24, 2.45) is 5.92 Å². The second-order valence-electron chi connectivity index (χ2n) is 13.2. The summed E-state index contributed by atoms with van der Waals surface area (Å²) in [5.74, 6) is 0.665. The van der Waals surface area contributed by atoms with Gasteiger partial charge < -0.3 is 10.2 Å². The SMILES string of the molecule is CC(C)(C)[O-].CC(C)(C)[O-].CC1=Cc2c(-c3ccccc3)cccc2[CH]1[Zr+2]([C]1=C(C)C(C)=C(C)C1C)=[Si](C)C. The van der Waals surface area contributed by atoms with Gasteiger partial charge in [0.15, 0.2) is 0 Å². The van der Waals surface area contributed by atoms with Gasteiger partial charge in [-0.3, -0.25) is 0 Å². The Morgan fingerprint density at radius 2 is 1.26 bits per heavy atom. The van der Waals surface area contributed by atoms with E-state index in [2.05, 4.69) is 102 Å². The van der Waals surface area contributed by atoms with Gasteiger partial charge in [-0.05, 0) is 0 Å². The molecule has 0 bridgehead atoms. The molecule has 0 fully saturated rings. The van der Waals surface area contributed by atoms with Gasteiger partial charge in [-0.15, -0.1) is 11.2 Å². The second-order valence-corrected chi connectivity index (χ2v) is 30.5. The molecule has 4 heteroatoms. The topological polar surface area (TPSA) is 46.1 Å². The van der Waals surface area contributed by atoms with Gasteiger partial charge in [0.05, 0.1) is 0 Å². The summed E-state index contributed by atoms with van der Waals surface area (Å²) in [6, 6.07) is 18.0. The summed E-state index contributed by atoms with van der Waals surface area (Å²) in [4.78, 5) is 0. The van der Waals surface area contributed by atoms with Crippen LogP contribution in [0, 0.1) is 5.92 Å². The fraction of sp³-hybridized carbons (Fsp3) is 0.486. The van der Waals surface area contributed by atoms with Crippen molar-refractivity contribution in [3.63, 3.8) is 0 Å². The third-order valence-electron chi connectivity index (χ3n) is 7.12. The van der Waals surface area contributed by atoms with Gasteiger partial charge in [-0.2, -0.15) is 0 Å². The van der Waals surface area contributed by atoms with Gasteiger partial charge >= 0.3 is 185 Å². The van der Waals surface area contributed by atoms with E-state index in [0.717, 1.165) is 0 Å². The van der Waals surface area contributed by atoms with Gasteiger partial charge in [0.2, 0.25) is 0 Å². The molecule has 2 aromatic rings. The van der Waals surface area contributed by atoms with Crippen LogP contribution >= 0.6 is 0 Å². The van der Waals surface area contributed by atoms with Crippen molar-refractivity contribution in [2.75, 3.05) is 0 Å². The molecule has 210 valence electrons. The first-order chi connectivity index (χ1) is 17.8. The predicted octanol–water partition coefficient (Wildman–Crippen LogP) is 8.23. The third kappa shape index (κ3) is 9.35. The molecule has 0 N–H and O–H groups in total. The zero-order valence-electron chi connectivity index (χ0n) is 26.7. The molecule has 39 heavy (non-hydrogen) atoms. The summed E-state index contributed by atoms with van der Waals surface area (Å²) in [5, 5.41) is 20.2. The van der Waals surface area contributed by atoms with Crippen LogP contribution in [-0.4, -0.2) is 16.6 Å². The standard InChI is InChI=1S/C16H13.C9H13.2C4H9O.C2H6Si.Zr/c1-12-10-14-8-5-9-15(16(14)11-12)13-6-3-2-4-7-13;1-6-5-7(2)9(4)8(6)3;2*1-4(2,3)5;1-3-2;/h2-11H,1H3;6H,1-4H3;2*1-3H3;1-2H3;/q;;2*-1;;+2. The Balaban J connectivity index is 0.000000458. The molecule has 2 aliphatic rings. The van der Waals surface area contributed by atoms with Crippen LogP contribution in [-0.2, 0) is 20.4 Å². The Bertz CT molecular complexity index is 1270. The second kappa shape index (κ2) is 13.6. The first-order valence-corrected chi connectivity index (χ1v) is 23.0. The maximum atomic E-state index is 10.1. The molecule has 0 saturated heterocycles. The molecule has 0 spiro atoms. The van der Waals surface area contributed by atoms with E-state index in [1.54, 1.807) is 69.4 Å². The first-order valence-electron chi connectivity index (χ1n) is 14.2. The van der Waals surface area contributed by atoms with Gasteiger partial charge in [-0.25, -0.2) is 0 Å². The summed E-state index contributed by atoms with van der Waals surface area (Å²) in [5.41, 5.74) is 10.5. The number of benzene rings is 2. The molecular formula is C35H50O2SiZr. The molecule has 0 aliphatic heterocycles. The van der Waals surface area contributed by atoms with Crippen LogP contribution in [0.15, 0.2) is 74.1 Å². The Kier molecular flexibility index (Phi) is 11.8. The molecule has 2 unspecified atom stereocenters. The van der Waals surface area contributed by atoms with E-state index < -0.39 is 31.6 Å². The Hall–Kier alpha value is -1.32. The van der Waals surface area contributed by atoms with Crippen molar-refractivity contribution in [3.05, 3.63) is 85.2 Å². The van der Waals surface area contributed by atoms with Crippen LogP contribution in [0.1, 0.15) is 90.9 Å². The van der Waals surface area contributed by atoms with E-state index in [0.29, 0.717) is 9.54 Å². The maximum absolute atomic E-state index is 10.1. The van der Waals surface area contributed by atoms with E-state index in [-0.39, 0.29) is 5.43 Å². The quantitative estimate of drug-likeness (QED) is 0.324. The van der Waals surface area contributed by atoms with Crippen LogP contribution in [0.3, 0.4) is 0 Å². The van der Waals surface area contributed by atoms with Gasteiger partial charge in [0, 0.05) is 0 Å². The van der Waals surface area contributed by atoms with Crippen LogP contribution < -0.4 is 10.2 Å². The zero-order chi connectivity index (χ0) is 29.9. The summed E-state index contributed by atoms with van der Waals surface area (Å²) in [7, 11) is 0. The molecule has 4 rings (SSSR count). The summed E-state index contributed by atoms with van der Waals surface area (Å²) >= 11 is -1.89. The van der Waals surface area contributed by atoms with Crippen molar-refractivity contribution in [1.29, 1.82) is 0 Å². The van der Waals surface area contributed by atoms with E-state index in [9.17, 15) is 10.2 Å². The van der Waals surface area contributed by atoms with Crippen LogP contribution in [0.2, 0.25) is 13.1 Å². The number of fused-ring (bicyclic) bond motifs is 1. The van der Waals surface area contributed by atoms with Crippen molar-refractivity contribution in [3.8, 4) is 11.1 Å². The Labute approximate surface area is 247 Å². The molecule has 2 aliphatic carbocycles. The molecule has 2 aromatic carbocycles. The summed E-state index contributed by atoms with van der Waals surface area (Å²) in [6.07, 6.45) is 2.52. The Morgan fingerprint density at radius 1 is 0.744 bits per heavy atom. The fourth-order valence-electron chi connectivity index (χ4n) is 5.32. The molecule has 2 nitrogen and oxygen atoms in total. The van der Waals surface area contributed by atoms with E-state index in [1.165, 1.54) is 16.7 Å². The van der Waals surface area contributed by atoms with Crippen molar-refractivity contribution in [2.45, 2.75) is 104 Å². The van der Waals surface area contributed by atoms with E-state index >= 15 is 0 Å². The van der Waals surface area contributed by atoms with Crippen LogP contribution in [0.25, 0.3) is 17.2 Å². The van der Waals surface area contributed by atoms with Crippen LogP contribution in [0.5, 0.6) is 0 Å². The molecule has 0 saturated carbocycles. The number of allylic oxidation sites excluding steroid dienone is 5. The van der Waals surface area contributed by atoms with E-state index in [4.69, 9.17) is 0 Å². The van der Waals surface area contributed by atoms with Gasteiger partial charge in [0.1, 0.15) is 0 Å². The van der Waals surface area contributed by atoms with E-state index in [1.807, 2.05) is 3.28 Å². The third-order valence-corrected chi connectivity index (χ3v) is 26.2. The molecule has 0 radical (unpaired) electrons. The molecule has 2 atom stereocenters. The number of hydrogen-bond acceptors (Lipinski definition) is 2. The predicted molar refractivity (Wildman–Crippen MR) is 165 cm³/mol. The van der Waals surface area contributed by atoms with Crippen LogP contribution in [0.4, 0.5) is 0 Å². The molecule has 0 amide bonds. The normalized spacial score (nSPS) is 18.4. The fourth-order valence-corrected chi connectivity index (χ4v) is 25.9. The molecule has 0 aromatic heterocycles. The average molecular weight is 622 g/mol. The molecular weight excluding hydrogens is 572 g/mol. The zero-order valence-corrected chi connectivity index (χ0v) is 30.1. The average Bonchev–Trinajstić information content (AvgIpc) is 3.22. The summed E-state index contributed by atoms with van der Waals surface area (Å²) in [6.45, 7) is 27.0. The number of hydrogen-bond donors (Lipinski definition) is 0. The monoisotopic (exact) mass is 620 g/mol. The van der Waals surface area contributed by atoms with Crippen molar-refractivity contribution in [1.82, 2.24) is 0 Å².